The number of rotatable bonds is 4. The van der Waals surface area contributed by atoms with Crippen LogP contribution in [0.2, 0.25) is 0 Å². The minimum absolute atomic E-state index is 0.268. The molecule has 100 valence electrons. The average Bonchev–Trinajstić information content (AvgIpc) is 2.40. The lowest BCUT2D eigenvalue weighted by Crippen LogP contribution is -2.51. The molecule has 1 atom stereocenters. The van der Waals surface area contributed by atoms with Crippen molar-refractivity contribution in [3.05, 3.63) is 18.5 Å². The summed E-state index contributed by atoms with van der Waals surface area (Å²) in [6.07, 6.45) is 3.59. The molecule has 1 aliphatic rings. The number of hydrogen-bond acceptors (Lipinski definition) is 5. The Morgan fingerprint density at radius 3 is 2.33 bits per heavy atom. The van der Waals surface area contributed by atoms with E-state index in [0.717, 1.165) is 38.7 Å². The molecule has 18 heavy (non-hydrogen) atoms. The summed E-state index contributed by atoms with van der Waals surface area (Å²) >= 11 is 0. The summed E-state index contributed by atoms with van der Waals surface area (Å²) in [6, 6.07) is 2.12. The van der Waals surface area contributed by atoms with Gasteiger partial charge < -0.3 is 10.6 Å². The molecular formula is C13H23N5. The molecule has 0 unspecified atom stereocenters. The van der Waals surface area contributed by atoms with Crippen molar-refractivity contribution in [3.8, 4) is 0 Å². The third kappa shape index (κ3) is 3.40. The van der Waals surface area contributed by atoms with Gasteiger partial charge in [0.1, 0.15) is 0 Å². The van der Waals surface area contributed by atoms with Crippen LogP contribution < -0.4 is 10.6 Å². The molecule has 1 saturated heterocycles. The molecule has 1 aromatic rings. The largest absolute Gasteiger partial charge is 0.338 e. The smallest absolute Gasteiger partial charge is 0.225 e. The molecule has 0 aromatic carbocycles. The number of hydrogen-bond donors (Lipinski definition) is 1. The monoisotopic (exact) mass is 249 g/mol. The van der Waals surface area contributed by atoms with Crippen LogP contribution in [0.3, 0.4) is 0 Å². The molecule has 0 aliphatic carbocycles. The van der Waals surface area contributed by atoms with Gasteiger partial charge in [0, 0.05) is 51.2 Å². The quantitative estimate of drug-likeness (QED) is 0.846. The van der Waals surface area contributed by atoms with Gasteiger partial charge in [-0.15, -0.1) is 0 Å². The molecule has 1 fully saturated rings. The first kappa shape index (κ1) is 13.2. The summed E-state index contributed by atoms with van der Waals surface area (Å²) in [5.74, 6) is 1.38. The number of anilines is 1. The Morgan fingerprint density at radius 2 is 1.78 bits per heavy atom. The molecule has 0 spiro atoms. The predicted molar refractivity (Wildman–Crippen MR) is 73.5 cm³/mol. The van der Waals surface area contributed by atoms with Gasteiger partial charge in [-0.1, -0.05) is 13.8 Å². The number of nitrogens with two attached hydrogens (primary N) is 1. The van der Waals surface area contributed by atoms with E-state index < -0.39 is 0 Å². The summed E-state index contributed by atoms with van der Waals surface area (Å²) in [5, 5.41) is 0. The molecule has 0 amide bonds. The zero-order valence-corrected chi connectivity index (χ0v) is 11.3. The van der Waals surface area contributed by atoms with E-state index in [1.54, 1.807) is 12.4 Å². The average molecular weight is 249 g/mol. The van der Waals surface area contributed by atoms with E-state index in [0.29, 0.717) is 5.92 Å². The number of aromatic nitrogens is 2. The number of piperazine rings is 1. The van der Waals surface area contributed by atoms with Gasteiger partial charge in [-0.25, -0.2) is 9.97 Å². The van der Waals surface area contributed by atoms with Crippen LogP contribution in [0.1, 0.15) is 13.8 Å². The van der Waals surface area contributed by atoms with Crippen molar-refractivity contribution in [2.75, 3.05) is 37.6 Å². The van der Waals surface area contributed by atoms with Crippen molar-refractivity contribution in [1.29, 1.82) is 0 Å². The maximum absolute atomic E-state index is 6.11. The van der Waals surface area contributed by atoms with Crippen LogP contribution in [0.15, 0.2) is 18.5 Å². The molecule has 0 radical (unpaired) electrons. The van der Waals surface area contributed by atoms with Gasteiger partial charge >= 0.3 is 0 Å². The summed E-state index contributed by atoms with van der Waals surface area (Å²) in [7, 11) is 0. The van der Waals surface area contributed by atoms with E-state index in [9.17, 15) is 0 Å². The lowest BCUT2D eigenvalue weighted by atomic mass is 10.0. The fourth-order valence-electron chi connectivity index (χ4n) is 2.09. The lowest BCUT2D eigenvalue weighted by Gasteiger charge is -2.36. The van der Waals surface area contributed by atoms with Gasteiger partial charge in [0.2, 0.25) is 5.95 Å². The molecule has 2 rings (SSSR count). The maximum Gasteiger partial charge on any atom is 0.225 e. The van der Waals surface area contributed by atoms with Crippen molar-refractivity contribution in [2.45, 2.75) is 19.9 Å². The molecule has 0 bridgehead atoms. The van der Waals surface area contributed by atoms with Crippen LogP contribution >= 0.6 is 0 Å². The van der Waals surface area contributed by atoms with Gasteiger partial charge in [0.25, 0.3) is 0 Å². The van der Waals surface area contributed by atoms with Crippen LogP contribution in [-0.4, -0.2) is 53.6 Å². The van der Waals surface area contributed by atoms with Crippen molar-refractivity contribution >= 4 is 5.95 Å². The normalized spacial score (nSPS) is 19.2. The Labute approximate surface area is 109 Å². The molecule has 2 heterocycles. The van der Waals surface area contributed by atoms with Crippen LogP contribution in [0.5, 0.6) is 0 Å². The zero-order chi connectivity index (χ0) is 13.0. The van der Waals surface area contributed by atoms with Crippen molar-refractivity contribution < 1.29 is 0 Å². The molecule has 2 N–H and O–H groups in total. The first-order valence-corrected chi connectivity index (χ1v) is 6.66. The van der Waals surface area contributed by atoms with E-state index in [2.05, 4.69) is 33.6 Å². The maximum atomic E-state index is 6.11. The SMILES string of the molecule is CC(C)[C@H](N)CN1CCN(c2ncccn2)CC1. The van der Waals surface area contributed by atoms with E-state index in [-0.39, 0.29) is 6.04 Å². The second kappa shape index (κ2) is 6.11. The fraction of sp³-hybridized carbons (Fsp3) is 0.692. The first-order chi connectivity index (χ1) is 8.66. The van der Waals surface area contributed by atoms with Crippen LogP contribution in [0.4, 0.5) is 5.95 Å². The highest BCUT2D eigenvalue weighted by Crippen LogP contribution is 2.10. The van der Waals surface area contributed by atoms with Crippen molar-refractivity contribution in [2.24, 2.45) is 11.7 Å². The molecule has 1 aliphatic heterocycles. The van der Waals surface area contributed by atoms with Gasteiger partial charge in [-0.05, 0) is 12.0 Å². The van der Waals surface area contributed by atoms with Crippen molar-refractivity contribution in [1.82, 2.24) is 14.9 Å². The highest BCUT2D eigenvalue weighted by Gasteiger charge is 2.20. The van der Waals surface area contributed by atoms with Crippen LogP contribution in [0.25, 0.3) is 0 Å². The Kier molecular flexibility index (Phi) is 4.49. The molecular weight excluding hydrogens is 226 g/mol. The summed E-state index contributed by atoms with van der Waals surface area (Å²) in [4.78, 5) is 13.2. The molecule has 0 saturated carbocycles. The first-order valence-electron chi connectivity index (χ1n) is 6.66. The van der Waals surface area contributed by atoms with Gasteiger partial charge in [-0.2, -0.15) is 0 Å². The summed E-state index contributed by atoms with van der Waals surface area (Å²) < 4.78 is 0. The van der Waals surface area contributed by atoms with Crippen molar-refractivity contribution in [3.63, 3.8) is 0 Å². The Balaban J connectivity index is 1.81. The summed E-state index contributed by atoms with van der Waals surface area (Å²) in [6.45, 7) is 9.39. The Bertz CT molecular complexity index is 346. The minimum Gasteiger partial charge on any atom is -0.338 e. The van der Waals surface area contributed by atoms with Gasteiger partial charge in [0.15, 0.2) is 0 Å². The Hall–Kier alpha value is -1.20. The molecule has 5 heteroatoms. The third-order valence-electron chi connectivity index (χ3n) is 3.53. The predicted octanol–water partition coefficient (Wildman–Crippen LogP) is 0.582. The standard InChI is InChI=1S/C13H23N5/c1-11(2)12(14)10-17-6-8-18(9-7-17)13-15-4-3-5-16-13/h3-5,11-12H,6-10,14H2,1-2H3/t12-/m1/s1. The fourth-order valence-corrected chi connectivity index (χ4v) is 2.09. The van der Waals surface area contributed by atoms with Crippen LogP contribution in [0, 0.1) is 5.92 Å². The third-order valence-corrected chi connectivity index (χ3v) is 3.53. The zero-order valence-electron chi connectivity index (χ0n) is 11.3. The Morgan fingerprint density at radius 1 is 1.17 bits per heavy atom. The van der Waals surface area contributed by atoms with E-state index in [1.165, 1.54) is 0 Å². The number of nitrogens with zero attached hydrogens (tertiary/aromatic N) is 4. The van der Waals surface area contributed by atoms with E-state index in [4.69, 9.17) is 5.73 Å². The van der Waals surface area contributed by atoms with Crippen LogP contribution in [-0.2, 0) is 0 Å². The minimum atomic E-state index is 0.268. The lowest BCUT2D eigenvalue weighted by molar-refractivity contribution is 0.225. The highest BCUT2D eigenvalue weighted by atomic mass is 15.3. The highest BCUT2D eigenvalue weighted by molar-refractivity contribution is 5.29. The molecule has 1 aromatic heterocycles. The van der Waals surface area contributed by atoms with Gasteiger partial charge in [0.05, 0.1) is 0 Å². The van der Waals surface area contributed by atoms with E-state index in [1.807, 2.05) is 6.07 Å². The van der Waals surface area contributed by atoms with Gasteiger partial charge in [-0.3, -0.25) is 4.90 Å². The van der Waals surface area contributed by atoms with E-state index >= 15 is 0 Å². The second-order valence-corrected chi connectivity index (χ2v) is 5.24. The topological polar surface area (TPSA) is 58.3 Å². The molecule has 5 nitrogen and oxygen atoms in total. The second-order valence-electron chi connectivity index (χ2n) is 5.24. The summed E-state index contributed by atoms with van der Waals surface area (Å²) in [5.41, 5.74) is 6.11.